The minimum absolute atomic E-state index is 2.62. The number of halogens is 4. The van der Waals surface area contributed by atoms with Gasteiger partial charge in [-0.3, -0.25) is 0 Å². The fourth-order valence-corrected chi connectivity index (χ4v) is 0. The van der Waals surface area contributed by atoms with Gasteiger partial charge in [0.05, 0.1) is 0 Å². The first-order chi connectivity index (χ1) is 3.73. The van der Waals surface area contributed by atoms with Gasteiger partial charge in [0.1, 0.15) is 0 Å². The Labute approximate surface area is 48.5 Å². The number of rotatable bonds is 0. The largest absolute Gasteiger partial charge is 0.559 e. The molecule has 3 N–H and O–H groups in total. The monoisotopic (exact) mass is 170 g/mol. The first-order valence-electron chi connectivity index (χ1n) is 1.36. The summed E-state index contributed by atoms with van der Waals surface area (Å²) in [6, 6.07) is 0. The molecule has 3 nitrogen and oxygen atoms in total. The normalized spacial score (nSPS) is 10.7. The van der Waals surface area contributed by atoms with E-state index in [0.29, 0.717) is 0 Å². The first kappa shape index (κ1) is 11.8. The zero-order chi connectivity index (χ0) is 8.08. The summed E-state index contributed by atoms with van der Waals surface area (Å²) >= 11 is 0. The second-order valence-electron chi connectivity index (χ2n) is 0.697. The molecule has 0 unspecified atom stereocenters. The summed E-state index contributed by atoms with van der Waals surface area (Å²) in [7, 11) is -2.62. The number of hydrogen-bond donors (Lipinski definition) is 3. The van der Waals surface area contributed by atoms with Crippen molar-refractivity contribution in [1.29, 1.82) is 0 Å². The highest BCUT2D eigenvalue weighted by molar-refractivity contribution is 7.38. The van der Waals surface area contributed by atoms with Crippen molar-refractivity contribution in [3.05, 3.63) is 0 Å². The van der Waals surface area contributed by atoms with Crippen LogP contribution in [0.15, 0.2) is 0 Å². The molecule has 0 aromatic carbocycles. The molecule has 0 fully saturated rings. The molecule has 0 rings (SSSR count). The van der Waals surface area contributed by atoms with Crippen LogP contribution < -0.4 is 0 Å². The van der Waals surface area contributed by atoms with E-state index in [1.165, 1.54) is 0 Å². The van der Waals surface area contributed by atoms with Gasteiger partial charge in [0.25, 0.3) is 0 Å². The predicted molar refractivity (Wildman–Crippen MR) is 20.7 cm³/mol. The number of hydrogen-bond acceptors (Lipinski definition) is 3. The molecule has 0 amide bonds. The van der Waals surface area contributed by atoms with Gasteiger partial charge in [-0.2, -0.15) is 0 Å². The summed E-state index contributed by atoms with van der Waals surface area (Å²) in [5.41, 5.74) is 0. The zero-order valence-corrected chi connectivity index (χ0v) is 4.70. The first-order valence-corrected chi connectivity index (χ1v) is 2.56. The van der Waals surface area contributed by atoms with Gasteiger partial charge in [-0.15, -0.1) is 17.6 Å². The molecule has 0 radical (unpaired) electrons. The average molecular weight is 170 g/mol. The summed E-state index contributed by atoms with van der Waals surface area (Å²) in [5, 5.41) is 0. The summed E-state index contributed by atoms with van der Waals surface area (Å²) in [4.78, 5) is 21.7. The van der Waals surface area contributed by atoms with E-state index in [9.17, 15) is 17.6 Å². The molecule has 0 atom stereocenters. The Morgan fingerprint density at radius 1 is 0.889 bits per heavy atom. The standard InChI is InChI=1S/CF4.H3O3P/c2-1(3,4)5;1-4(2)3/h;1-3H. The van der Waals surface area contributed by atoms with Gasteiger partial charge in [0, 0.05) is 0 Å². The van der Waals surface area contributed by atoms with Crippen molar-refractivity contribution < 1.29 is 32.2 Å². The molecular weight excluding hydrogens is 167 g/mol. The Kier molecular flexibility index (Phi) is 6.37. The minimum atomic E-state index is -5.50. The highest BCUT2D eigenvalue weighted by Gasteiger charge is 2.24. The molecule has 0 heterocycles. The van der Waals surface area contributed by atoms with Crippen molar-refractivity contribution in [2.24, 2.45) is 0 Å². The van der Waals surface area contributed by atoms with Crippen molar-refractivity contribution >= 4 is 8.60 Å². The van der Waals surface area contributed by atoms with Crippen molar-refractivity contribution in [2.45, 2.75) is 6.43 Å². The maximum atomic E-state index is 9.69. The summed E-state index contributed by atoms with van der Waals surface area (Å²) in [6.45, 7) is 0. The Bertz CT molecular complexity index is 52.6. The smallest absolute Gasteiger partial charge is 0.328 e. The van der Waals surface area contributed by atoms with Gasteiger partial charge in [0.2, 0.25) is 0 Å². The van der Waals surface area contributed by atoms with E-state index < -0.39 is 15.0 Å². The lowest BCUT2D eigenvalue weighted by Crippen LogP contribution is -1.92. The van der Waals surface area contributed by atoms with Gasteiger partial charge in [-0.1, -0.05) is 0 Å². The van der Waals surface area contributed by atoms with Gasteiger partial charge in [-0.25, -0.2) is 0 Å². The lowest BCUT2D eigenvalue weighted by Gasteiger charge is -1.82. The van der Waals surface area contributed by atoms with Gasteiger partial charge in [-0.05, 0) is 0 Å². The third-order valence-corrected chi connectivity index (χ3v) is 0. The third kappa shape index (κ3) is 324000. The Balaban J connectivity index is 0. The maximum Gasteiger partial charge on any atom is 0.559 e. The lowest BCUT2D eigenvalue weighted by molar-refractivity contribution is -0.237. The van der Waals surface area contributed by atoms with Crippen LogP contribution in [0.5, 0.6) is 0 Å². The molecule has 0 aliphatic rings. The molecule has 9 heavy (non-hydrogen) atoms. The van der Waals surface area contributed by atoms with Crippen LogP contribution in [-0.4, -0.2) is 21.1 Å². The summed E-state index contributed by atoms with van der Waals surface area (Å²) < 4.78 is 38.8. The molecule has 0 spiro atoms. The quantitative estimate of drug-likeness (QED) is 0.369. The van der Waals surface area contributed by atoms with Gasteiger partial charge in [0.15, 0.2) is 0 Å². The van der Waals surface area contributed by atoms with E-state index in [-0.39, 0.29) is 0 Å². The number of alkyl halides is 4. The molecule has 0 saturated carbocycles. The molecule has 58 valence electrons. The molecular formula is CH3F4O3P. The fourth-order valence-electron chi connectivity index (χ4n) is 0. The maximum absolute atomic E-state index is 9.69. The molecule has 0 aromatic heterocycles. The van der Waals surface area contributed by atoms with E-state index in [2.05, 4.69) is 0 Å². The zero-order valence-electron chi connectivity index (χ0n) is 3.80. The molecule has 0 aliphatic carbocycles. The Morgan fingerprint density at radius 2 is 0.889 bits per heavy atom. The van der Waals surface area contributed by atoms with Crippen LogP contribution in [0.4, 0.5) is 17.6 Å². The van der Waals surface area contributed by atoms with E-state index >= 15 is 0 Å². The average Bonchev–Trinajstić information content (AvgIpc) is 1.19. The van der Waals surface area contributed by atoms with E-state index in [4.69, 9.17) is 14.7 Å². The van der Waals surface area contributed by atoms with Crippen LogP contribution in [0.1, 0.15) is 0 Å². The van der Waals surface area contributed by atoms with Crippen LogP contribution in [0.3, 0.4) is 0 Å². The topological polar surface area (TPSA) is 60.7 Å². The van der Waals surface area contributed by atoms with Crippen LogP contribution in [0.25, 0.3) is 0 Å². The van der Waals surface area contributed by atoms with Crippen molar-refractivity contribution in [3.8, 4) is 0 Å². The van der Waals surface area contributed by atoms with E-state index in [1.54, 1.807) is 0 Å². The van der Waals surface area contributed by atoms with Crippen molar-refractivity contribution in [3.63, 3.8) is 0 Å². The molecule has 0 bridgehead atoms. The lowest BCUT2D eigenvalue weighted by atomic mass is 11.5. The Hall–Kier alpha value is 0.0300. The summed E-state index contributed by atoms with van der Waals surface area (Å²) in [6.07, 6.45) is -5.50. The molecule has 0 aromatic rings. The summed E-state index contributed by atoms with van der Waals surface area (Å²) in [5.74, 6) is 0. The van der Waals surface area contributed by atoms with E-state index in [1.807, 2.05) is 0 Å². The van der Waals surface area contributed by atoms with Crippen LogP contribution in [0, 0.1) is 0 Å². The second kappa shape index (κ2) is 4.87. The minimum Gasteiger partial charge on any atom is -0.328 e. The van der Waals surface area contributed by atoms with Crippen LogP contribution in [0.2, 0.25) is 0 Å². The SMILES string of the molecule is FC(F)(F)F.OP(O)O. The Morgan fingerprint density at radius 3 is 0.889 bits per heavy atom. The highest BCUT2D eigenvalue weighted by atomic mass is 31.2. The van der Waals surface area contributed by atoms with Crippen molar-refractivity contribution in [2.75, 3.05) is 0 Å². The van der Waals surface area contributed by atoms with Crippen LogP contribution >= 0.6 is 8.60 Å². The second-order valence-corrected chi connectivity index (χ2v) is 1.23. The third-order valence-electron chi connectivity index (χ3n) is 0. The highest BCUT2D eigenvalue weighted by Crippen LogP contribution is 2.13. The van der Waals surface area contributed by atoms with Crippen molar-refractivity contribution in [1.82, 2.24) is 0 Å². The van der Waals surface area contributed by atoms with Gasteiger partial charge < -0.3 is 14.7 Å². The van der Waals surface area contributed by atoms with E-state index in [0.717, 1.165) is 0 Å². The fraction of sp³-hybridized carbons (Fsp3) is 1.00. The predicted octanol–water partition coefficient (Wildman–Crippen LogP) is 0.666. The molecule has 0 saturated heterocycles. The van der Waals surface area contributed by atoms with Gasteiger partial charge >= 0.3 is 15.0 Å². The molecule has 8 heteroatoms. The molecule has 0 aliphatic heterocycles. The van der Waals surface area contributed by atoms with Crippen LogP contribution in [-0.2, 0) is 0 Å².